The van der Waals surface area contributed by atoms with Crippen LogP contribution in [0.2, 0.25) is 0 Å². The number of aliphatic hydroxyl groups excluding tert-OH is 1. The van der Waals surface area contributed by atoms with Crippen molar-refractivity contribution in [3.63, 3.8) is 0 Å². The summed E-state index contributed by atoms with van der Waals surface area (Å²) in [6, 6.07) is 2.27. The predicted molar refractivity (Wildman–Crippen MR) is 91.8 cm³/mol. The van der Waals surface area contributed by atoms with Crippen LogP contribution in [0.4, 0.5) is 0 Å². The summed E-state index contributed by atoms with van der Waals surface area (Å²) in [5, 5.41) is 19.2. The molecular formula is C21H29NO2. The Balaban J connectivity index is 1.67. The molecule has 0 aliphatic heterocycles. The molecule has 0 aromatic heterocycles. The Morgan fingerprint density at radius 3 is 2.79 bits per heavy atom. The highest BCUT2D eigenvalue weighted by Crippen LogP contribution is 2.65. The summed E-state index contributed by atoms with van der Waals surface area (Å²) in [5.74, 6) is 1.98. The van der Waals surface area contributed by atoms with Crippen molar-refractivity contribution in [1.82, 2.24) is 0 Å². The van der Waals surface area contributed by atoms with E-state index in [-0.39, 0.29) is 22.9 Å². The average Bonchev–Trinajstić information content (AvgIpc) is 2.80. The lowest BCUT2D eigenvalue weighted by Gasteiger charge is -2.57. The number of hydrogen-bond donors (Lipinski definition) is 1. The number of ketones is 1. The van der Waals surface area contributed by atoms with E-state index >= 15 is 0 Å². The van der Waals surface area contributed by atoms with E-state index in [1.165, 1.54) is 12.0 Å². The summed E-state index contributed by atoms with van der Waals surface area (Å²) in [7, 11) is 0. The summed E-state index contributed by atoms with van der Waals surface area (Å²) in [5.41, 5.74) is 1.73. The zero-order chi connectivity index (χ0) is 17.1. The van der Waals surface area contributed by atoms with E-state index in [2.05, 4.69) is 26.0 Å². The minimum atomic E-state index is -0.164. The van der Waals surface area contributed by atoms with Crippen LogP contribution in [0, 0.1) is 45.8 Å². The summed E-state index contributed by atoms with van der Waals surface area (Å²) in [6.45, 7) is 4.70. The number of carbonyl (C=O) groups is 1. The third kappa shape index (κ3) is 2.08. The molecule has 3 saturated carbocycles. The maximum absolute atomic E-state index is 12.6. The summed E-state index contributed by atoms with van der Waals surface area (Å²) in [4.78, 5) is 12.6. The number of allylic oxidation sites excluding steroid dienone is 1. The van der Waals surface area contributed by atoms with Gasteiger partial charge in [0.2, 0.25) is 0 Å². The Morgan fingerprint density at radius 1 is 1.25 bits per heavy atom. The van der Waals surface area contributed by atoms with Crippen molar-refractivity contribution in [3.05, 3.63) is 11.6 Å². The SMILES string of the molecule is CC12CCC(O)CC1=CCC1C2CCC2(C)C(CC#N)C(=O)CC12. The van der Waals surface area contributed by atoms with Crippen molar-refractivity contribution >= 4 is 5.78 Å². The Hall–Kier alpha value is -1.14. The molecule has 0 amide bonds. The van der Waals surface area contributed by atoms with Gasteiger partial charge in [-0.25, -0.2) is 0 Å². The molecule has 3 nitrogen and oxygen atoms in total. The van der Waals surface area contributed by atoms with Crippen LogP contribution in [0.5, 0.6) is 0 Å². The maximum atomic E-state index is 12.6. The minimum Gasteiger partial charge on any atom is -0.393 e. The van der Waals surface area contributed by atoms with Crippen LogP contribution in [0.3, 0.4) is 0 Å². The Kier molecular flexibility index (Phi) is 3.69. The molecule has 0 aromatic carbocycles. The molecule has 0 heterocycles. The van der Waals surface area contributed by atoms with E-state index in [1.807, 2.05) is 0 Å². The minimum absolute atomic E-state index is 0.0316. The van der Waals surface area contributed by atoms with Crippen molar-refractivity contribution in [2.45, 2.75) is 71.3 Å². The molecule has 0 spiro atoms. The van der Waals surface area contributed by atoms with E-state index in [1.54, 1.807) is 0 Å². The first kappa shape index (κ1) is 16.3. The second-order valence-corrected chi connectivity index (χ2v) is 9.29. The molecule has 0 bridgehead atoms. The first-order valence-corrected chi connectivity index (χ1v) is 9.67. The van der Waals surface area contributed by atoms with Gasteiger partial charge in [-0.15, -0.1) is 0 Å². The second-order valence-electron chi connectivity index (χ2n) is 9.29. The standard InChI is InChI=1S/C21H29NO2/c1-20-8-5-14(23)11-13(20)3-4-15-16(20)6-9-21(2)17(7-10-22)19(24)12-18(15)21/h3,14-18,23H,4-9,11-12H2,1-2H3. The zero-order valence-electron chi connectivity index (χ0n) is 14.9. The predicted octanol–water partition coefficient (Wildman–Crippen LogP) is 4.02. The molecule has 4 aliphatic rings. The van der Waals surface area contributed by atoms with Crippen molar-refractivity contribution in [2.75, 3.05) is 0 Å². The highest BCUT2D eigenvalue weighted by atomic mass is 16.3. The number of aliphatic hydroxyl groups is 1. The molecule has 3 heteroatoms. The molecule has 3 fully saturated rings. The van der Waals surface area contributed by atoms with Crippen molar-refractivity contribution < 1.29 is 9.90 Å². The van der Waals surface area contributed by atoms with Gasteiger partial charge in [-0.2, -0.15) is 5.26 Å². The summed E-state index contributed by atoms with van der Waals surface area (Å²) in [6.07, 6.45) is 9.49. The van der Waals surface area contributed by atoms with Gasteiger partial charge >= 0.3 is 0 Å². The maximum Gasteiger partial charge on any atom is 0.137 e. The fourth-order valence-electron chi connectivity index (χ4n) is 6.97. The topological polar surface area (TPSA) is 61.1 Å². The van der Waals surface area contributed by atoms with Crippen LogP contribution in [0.25, 0.3) is 0 Å². The van der Waals surface area contributed by atoms with Crippen LogP contribution in [0.1, 0.15) is 65.2 Å². The fraction of sp³-hybridized carbons (Fsp3) is 0.810. The first-order chi connectivity index (χ1) is 11.4. The third-order valence-corrected chi connectivity index (χ3v) is 8.42. The van der Waals surface area contributed by atoms with Crippen molar-refractivity contribution in [2.24, 2.45) is 34.5 Å². The van der Waals surface area contributed by atoms with Crippen LogP contribution in [-0.2, 0) is 4.79 Å². The van der Waals surface area contributed by atoms with Gasteiger partial charge in [0.05, 0.1) is 12.2 Å². The first-order valence-electron chi connectivity index (χ1n) is 9.67. The summed E-state index contributed by atoms with van der Waals surface area (Å²) < 4.78 is 0. The number of hydrogen-bond acceptors (Lipinski definition) is 3. The van der Waals surface area contributed by atoms with E-state index in [9.17, 15) is 9.90 Å². The molecule has 130 valence electrons. The number of fused-ring (bicyclic) bond motifs is 5. The molecule has 4 rings (SSSR count). The van der Waals surface area contributed by atoms with Crippen molar-refractivity contribution in [1.29, 1.82) is 5.26 Å². The number of rotatable bonds is 1. The molecule has 24 heavy (non-hydrogen) atoms. The number of carbonyl (C=O) groups excluding carboxylic acids is 1. The molecule has 7 unspecified atom stereocenters. The lowest BCUT2D eigenvalue weighted by molar-refractivity contribution is -0.122. The normalized spacial score (nSPS) is 50.3. The molecule has 0 radical (unpaired) electrons. The Bertz CT molecular complexity index is 632. The molecular weight excluding hydrogens is 298 g/mol. The Labute approximate surface area is 145 Å². The van der Waals surface area contributed by atoms with E-state index in [0.717, 1.165) is 32.1 Å². The molecule has 0 saturated heterocycles. The van der Waals surface area contributed by atoms with Gasteiger partial charge in [0.15, 0.2) is 0 Å². The van der Waals surface area contributed by atoms with E-state index in [0.29, 0.717) is 36.4 Å². The quantitative estimate of drug-likeness (QED) is 0.740. The molecule has 7 atom stereocenters. The van der Waals surface area contributed by atoms with Crippen LogP contribution < -0.4 is 0 Å². The van der Waals surface area contributed by atoms with Gasteiger partial charge in [-0.05, 0) is 67.1 Å². The smallest absolute Gasteiger partial charge is 0.137 e. The average molecular weight is 327 g/mol. The molecule has 4 aliphatic carbocycles. The van der Waals surface area contributed by atoms with Gasteiger partial charge in [-0.1, -0.05) is 25.5 Å². The lowest BCUT2D eigenvalue weighted by Crippen LogP contribution is -2.50. The van der Waals surface area contributed by atoms with Gasteiger partial charge < -0.3 is 5.11 Å². The second kappa shape index (κ2) is 5.43. The van der Waals surface area contributed by atoms with Gasteiger partial charge in [-0.3, -0.25) is 4.79 Å². The lowest BCUT2D eigenvalue weighted by atomic mass is 9.47. The monoisotopic (exact) mass is 327 g/mol. The van der Waals surface area contributed by atoms with Crippen LogP contribution >= 0.6 is 0 Å². The van der Waals surface area contributed by atoms with E-state index < -0.39 is 0 Å². The molecule has 0 aromatic rings. The third-order valence-electron chi connectivity index (χ3n) is 8.42. The number of nitrogens with zero attached hydrogens (tertiary/aromatic N) is 1. The number of nitriles is 1. The highest BCUT2D eigenvalue weighted by molar-refractivity contribution is 5.85. The summed E-state index contributed by atoms with van der Waals surface area (Å²) >= 11 is 0. The number of Topliss-reactive ketones (excluding diaryl/α,β-unsaturated/α-hetero) is 1. The van der Waals surface area contributed by atoms with Crippen LogP contribution in [-0.4, -0.2) is 17.0 Å². The van der Waals surface area contributed by atoms with E-state index in [4.69, 9.17) is 5.26 Å². The van der Waals surface area contributed by atoms with Gasteiger partial charge in [0, 0.05) is 18.8 Å². The van der Waals surface area contributed by atoms with Crippen LogP contribution in [0.15, 0.2) is 11.6 Å². The van der Waals surface area contributed by atoms with Gasteiger partial charge in [0.25, 0.3) is 0 Å². The molecule has 1 N–H and O–H groups in total. The zero-order valence-corrected chi connectivity index (χ0v) is 14.9. The largest absolute Gasteiger partial charge is 0.393 e. The van der Waals surface area contributed by atoms with Gasteiger partial charge in [0.1, 0.15) is 5.78 Å². The Morgan fingerprint density at radius 2 is 2.04 bits per heavy atom. The fourth-order valence-corrected chi connectivity index (χ4v) is 6.97. The van der Waals surface area contributed by atoms with Crippen molar-refractivity contribution in [3.8, 4) is 6.07 Å². The highest BCUT2D eigenvalue weighted by Gasteiger charge is 2.60.